The van der Waals surface area contributed by atoms with Crippen molar-refractivity contribution in [1.29, 1.82) is 0 Å². The highest BCUT2D eigenvalue weighted by atomic mass is 16.1. The number of aryl methyl sites for hydroxylation is 3. The van der Waals surface area contributed by atoms with E-state index in [1.165, 1.54) is 0 Å². The van der Waals surface area contributed by atoms with Crippen LogP contribution in [-0.4, -0.2) is 36.8 Å². The average molecular weight is 324 g/mol. The van der Waals surface area contributed by atoms with Gasteiger partial charge in [-0.2, -0.15) is 5.10 Å². The third kappa shape index (κ3) is 3.19. The summed E-state index contributed by atoms with van der Waals surface area (Å²) in [6.45, 7) is 5.06. The quantitative estimate of drug-likeness (QED) is 0.775. The molecule has 3 aromatic heterocycles. The number of imidazole rings is 1. The number of hydrogen-bond acceptors (Lipinski definition) is 4. The lowest BCUT2D eigenvalue weighted by Gasteiger charge is -2.10. The van der Waals surface area contributed by atoms with Crippen LogP contribution in [0.25, 0.3) is 11.4 Å². The zero-order chi connectivity index (χ0) is 17.1. The second-order valence-corrected chi connectivity index (χ2v) is 5.66. The highest BCUT2D eigenvalue weighted by molar-refractivity contribution is 5.92. The van der Waals surface area contributed by atoms with Crippen molar-refractivity contribution in [3.05, 3.63) is 53.9 Å². The summed E-state index contributed by atoms with van der Waals surface area (Å²) in [4.78, 5) is 20.7. The van der Waals surface area contributed by atoms with Crippen LogP contribution < -0.4 is 5.32 Å². The Morgan fingerprint density at radius 3 is 2.62 bits per heavy atom. The summed E-state index contributed by atoms with van der Waals surface area (Å²) < 4.78 is 3.77. The zero-order valence-electron chi connectivity index (χ0n) is 14.0. The van der Waals surface area contributed by atoms with Gasteiger partial charge in [-0.1, -0.05) is 0 Å². The molecule has 1 N–H and O–H groups in total. The molecule has 7 nitrogen and oxygen atoms in total. The van der Waals surface area contributed by atoms with Crippen molar-refractivity contribution in [2.75, 3.05) is 6.54 Å². The molecule has 0 aliphatic rings. The molecule has 0 spiro atoms. The summed E-state index contributed by atoms with van der Waals surface area (Å²) in [6, 6.07) is 5.63. The molecule has 0 unspecified atom stereocenters. The van der Waals surface area contributed by atoms with Crippen LogP contribution in [-0.2, 0) is 13.6 Å². The largest absolute Gasteiger partial charge is 0.349 e. The Morgan fingerprint density at radius 2 is 1.96 bits per heavy atom. The van der Waals surface area contributed by atoms with Gasteiger partial charge in [0, 0.05) is 55.7 Å². The van der Waals surface area contributed by atoms with Gasteiger partial charge < -0.3 is 9.88 Å². The fraction of sp³-hybridized carbons (Fsp3) is 0.294. The first kappa shape index (κ1) is 15.9. The number of amides is 1. The number of hydrogen-bond donors (Lipinski definition) is 1. The summed E-state index contributed by atoms with van der Waals surface area (Å²) in [5.74, 6) is 0.708. The minimum absolute atomic E-state index is 0.165. The average Bonchev–Trinajstić information content (AvgIpc) is 3.12. The molecule has 3 rings (SSSR count). The number of rotatable bonds is 5. The number of aromatic nitrogens is 5. The monoisotopic (exact) mass is 324 g/mol. The minimum Gasteiger partial charge on any atom is -0.349 e. The lowest BCUT2D eigenvalue weighted by Crippen LogP contribution is -2.28. The molecular formula is C17H20N6O. The first-order valence-electron chi connectivity index (χ1n) is 7.77. The van der Waals surface area contributed by atoms with E-state index in [1.54, 1.807) is 23.1 Å². The van der Waals surface area contributed by atoms with E-state index in [0.717, 1.165) is 22.8 Å². The van der Waals surface area contributed by atoms with Gasteiger partial charge in [0.25, 0.3) is 5.91 Å². The van der Waals surface area contributed by atoms with Crippen molar-refractivity contribution in [2.45, 2.75) is 20.4 Å². The second kappa shape index (κ2) is 6.66. The van der Waals surface area contributed by atoms with Crippen molar-refractivity contribution in [3.8, 4) is 11.4 Å². The van der Waals surface area contributed by atoms with Gasteiger partial charge in [-0.3, -0.25) is 14.5 Å². The van der Waals surface area contributed by atoms with Crippen molar-refractivity contribution in [3.63, 3.8) is 0 Å². The Kier molecular flexibility index (Phi) is 4.41. The maximum absolute atomic E-state index is 12.2. The summed E-state index contributed by atoms with van der Waals surface area (Å²) in [6.07, 6.45) is 5.32. The number of nitrogens with one attached hydrogen (secondary N) is 1. The fourth-order valence-corrected chi connectivity index (χ4v) is 2.52. The van der Waals surface area contributed by atoms with E-state index in [9.17, 15) is 4.79 Å². The van der Waals surface area contributed by atoms with Crippen LogP contribution in [0.1, 0.15) is 21.9 Å². The predicted octanol–water partition coefficient (Wildman–Crippen LogP) is 1.73. The molecule has 1 amide bonds. The van der Waals surface area contributed by atoms with Crippen LogP contribution in [0, 0.1) is 13.8 Å². The van der Waals surface area contributed by atoms with Crippen molar-refractivity contribution in [2.24, 2.45) is 7.05 Å². The minimum atomic E-state index is -0.165. The van der Waals surface area contributed by atoms with Gasteiger partial charge in [-0.15, -0.1) is 0 Å². The molecule has 124 valence electrons. The highest BCUT2D eigenvalue weighted by Gasteiger charge is 2.12. The molecule has 0 aliphatic carbocycles. The molecule has 0 saturated carbocycles. The highest BCUT2D eigenvalue weighted by Crippen LogP contribution is 2.18. The van der Waals surface area contributed by atoms with Gasteiger partial charge >= 0.3 is 0 Å². The number of carbonyl (C=O) groups excluding carboxylic acids is 1. The van der Waals surface area contributed by atoms with Crippen LogP contribution in [0.3, 0.4) is 0 Å². The molecule has 0 radical (unpaired) electrons. The summed E-state index contributed by atoms with van der Waals surface area (Å²) in [5, 5.41) is 7.09. The van der Waals surface area contributed by atoms with E-state index >= 15 is 0 Å². The first-order chi connectivity index (χ1) is 11.6. The summed E-state index contributed by atoms with van der Waals surface area (Å²) in [7, 11) is 1.82. The SMILES string of the molecule is Cc1cc(C(=O)NCCn2c(C)cnc2-c2ccncc2)nn1C. The normalized spacial score (nSPS) is 10.8. The molecule has 0 aromatic carbocycles. The van der Waals surface area contributed by atoms with Crippen LogP contribution in [0.15, 0.2) is 36.8 Å². The molecule has 3 heterocycles. The van der Waals surface area contributed by atoms with Gasteiger partial charge in [0.2, 0.25) is 0 Å². The molecule has 24 heavy (non-hydrogen) atoms. The topological polar surface area (TPSA) is 77.6 Å². The van der Waals surface area contributed by atoms with E-state index in [4.69, 9.17) is 0 Å². The van der Waals surface area contributed by atoms with Crippen molar-refractivity contribution < 1.29 is 4.79 Å². The van der Waals surface area contributed by atoms with Crippen molar-refractivity contribution >= 4 is 5.91 Å². The van der Waals surface area contributed by atoms with Crippen LogP contribution in [0.5, 0.6) is 0 Å². The third-order valence-corrected chi connectivity index (χ3v) is 3.96. The Hall–Kier alpha value is -2.96. The van der Waals surface area contributed by atoms with E-state index < -0.39 is 0 Å². The van der Waals surface area contributed by atoms with Gasteiger partial charge in [0.05, 0.1) is 0 Å². The van der Waals surface area contributed by atoms with Crippen LogP contribution in [0.4, 0.5) is 0 Å². The maximum Gasteiger partial charge on any atom is 0.271 e. The van der Waals surface area contributed by atoms with E-state index in [-0.39, 0.29) is 5.91 Å². The number of carbonyl (C=O) groups is 1. The van der Waals surface area contributed by atoms with Gasteiger partial charge in [-0.05, 0) is 32.0 Å². The molecule has 0 atom stereocenters. The van der Waals surface area contributed by atoms with E-state index in [1.807, 2.05) is 39.2 Å². The number of nitrogens with zero attached hydrogens (tertiary/aromatic N) is 5. The lowest BCUT2D eigenvalue weighted by atomic mass is 10.2. The maximum atomic E-state index is 12.2. The van der Waals surface area contributed by atoms with Crippen LogP contribution in [0.2, 0.25) is 0 Å². The lowest BCUT2D eigenvalue weighted by molar-refractivity contribution is 0.0946. The van der Waals surface area contributed by atoms with Gasteiger partial charge in [-0.25, -0.2) is 4.98 Å². The Bertz CT molecular complexity index is 830. The smallest absolute Gasteiger partial charge is 0.271 e. The van der Waals surface area contributed by atoms with Gasteiger partial charge in [0.15, 0.2) is 0 Å². The predicted molar refractivity (Wildman–Crippen MR) is 90.5 cm³/mol. The van der Waals surface area contributed by atoms with E-state index in [0.29, 0.717) is 18.8 Å². The van der Waals surface area contributed by atoms with Crippen molar-refractivity contribution in [1.82, 2.24) is 29.6 Å². The molecule has 3 aromatic rings. The molecule has 7 heteroatoms. The summed E-state index contributed by atoms with van der Waals surface area (Å²) >= 11 is 0. The van der Waals surface area contributed by atoms with Crippen LogP contribution >= 0.6 is 0 Å². The standard InChI is InChI=1S/C17H20N6O/c1-12-10-15(21-22(12)3)17(24)19-8-9-23-13(2)11-20-16(23)14-4-6-18-7-5-14/h4-7,10-11H,8-9H2,1-3H3,(H,19,24). The fourth-order valence-electron chi connectivity index (χ4n) is 2.52. The number of pyridine rings is 1. The molecule has 0 saturated heterocycles. The zero-order valence-corrected chi connectivity index (χ0v) is 14.0. The summed E-state index contributed by atoms with van der Waals surface area (Å²) in [5.41, 5.74) is 3.44. The third-order valence-electron chi connectivity index (χ3n) is 3.96. The molecule has 0 fully saturated rings. The van der Waals surface area contributed by atoms with Gasteiger partial charge in [0.1, 0.15) is 11.5 Å². The van der Waals surface area contributed by atoms with E-state index in [2.05, 4.69) is 25.0 Å². The Labute approximate surface area is 140 Å². The second-order valence-electron chi connectivity index (χ2n) is 5.66. The molecule has 0 bridgehead atoms. The Balaban J connectivity index is 1.67. The molecular weight excluding hydrogens is 304 g/mol. The molecule has 0 aliphatic heterocycles. The Morgan fingerprint density at radius 1 is 1.21 bits per heavy atom. The first-order valence-corrected chi connectivity index (χ1v) is 7.77.